The van der Waals surface area contributed by atoms with Gasteiger partial charge in [-0.25, -0.2) is 0 Å². The van der Waals surface area contributed by atoms with Crippen molar-refractivity contribution in [3.05, 3.63) is 82.5 Å². The lowest BCUT2D eigenvalue weighted by Crippen LogP contribution is -2.32. The van der Waals surface area contributed by atoms with Crippen LogP contribution in [0.1, 0.15) is 111 Å². The first-order chi connectivity index (χ1) is 15.7. The van der Waals surface area contributed by atoms with Crippen molar-refractivity contribution in [3.63, 3.8) is 0 Å². The fraction of sp³-hybridized carbons (Fsp3) is 0.515. The van der Waals surface area contributed by atoms with Crippen LogP contribution in [0.4, 0.5) is 0 Å². The lowest BCUT2D eigenvalue weighted by Gasteiger charge is -2.43. The van der Waals surface area contributed by atoms with Gasteiger partial charge in [0.2, 0.25) is 0 Å². The lowest BCUT2D eigenvalue weighted by atomic mass is 9.60. The summed E-state index contributed by atoms with van der Waals surface area (Å²) in [5.41, 5.74) is 9.76. The minimum Gasteiger partial charge on any atom is -0.0908 e. The van der Waals surface area contributed by atoms with Gasteiger partial charge in [-0.1, -0.05) is 122 Å². The van der Waals surface area contributed by atoms with Gasteiger partial charge in [0.25, 0.3) is 0 Å². The zero-order valence-electron chi connectivity index (χ0n) is 22.7. The molecule has 2 aliphatic carbocycles. The summed E-state index contributed by atoms with van der Waals surface area (Å²) in [6.07, 6.45) is 18.9. The maximum atomic E-state index is 4.62. The Labute approximate surface area is 205 Å². The van der Waals surface area contributed by atoms with Gasteiger partial charge in [0.05, 0.1) is 0 Å². The number of hydrogen-bond donors (Lipinski definition) is 0. The van der Waals surface area contributed by atoms with Gasteiger partial charge in [-0.15, -0.1) is 0 Å². The van der Waals surface area contributed by atoms with Crippen molar-refractivity contribution in [2.24, 2.45) is 11.8 Å². The molecule has 0 heteroatoms. The maximum absolute atomic E-state index is 4.62. The fourth-order valence-corrected chi connectivity index (χ4v) is 5.54. The Morgan fingerprint density at radius 3 is 2.45 bits per heavy atom. The highest BCUT2D eigenvalue weighted by Crippen LogP contribution is 2.53. The number of allylic oxidation sites excluding steroid dienone is 8. The van der Waals surface area contributed by atoms with Crippen LogP contribution in [0.25, 0.3) is 11.6 Å². The van der Waals surface area contributed by atoms with Crippen LogP contribution in [-0.4, -0.2) is 0 Å². The van der Waals surface area contributed by atoms with Gasteiger partial charge in [-0.3, -0.25) is 0 Å². The second kappa shape index (κ2) is 12.4. The molecule has 0 aliphatic heterocycles. The first-order valence-corrected chi connectivity index (χ1v) is 13.3. The minimum atomic E-state index is 0.0111. The average Bonchev–Trinajstić information content (AvgIpc) is 2.79. The van der Waals surface area contributed by atoms with E-state index >= 15 is 0 Å². The van der Waals surface area contributed by atoms with Gasteiger partial charge in [-0.2, -0.15) is 0 Å². The third kappa shape index (κ3) is 6.08. The van der Waals surface area contributed by atoms with E-state index in [1.165, 1.54) is 58.2 Å². The molecular weight excluding hydrogens is 396 g/mol. The van der Waals surface area contributed by atoms with E-state index in [-0.39, 0.29) is 5.41 Å². The fourth-order valence-electron chi connectivity index (χ4n) is 5.54. The van der Waals surface area contributed by atoms with Crippen molar-refractivity contribution < 1.29 is 0 Å². The lowest BCUT2D eigenvalue weighted by molar-refractivity contribution is 0.509. The Balaban J connectivity index is 0.000000479. The van der Waals surface area contributed by atoms with E-state index in [2.05, 4.69) is 111 Å². The molecule has 2 atom stereocenters. The highest BCUT2D eigenvalue weighted by atomic mass is 14.4. The van der Waals surface area contributed by atoms with Crippen molar-refractivity contribution in [2.45, 2.75) is 99.3 Å². The summed E-state index contributed by atoms with van der Waals surface area (Å²) in [5.74, 6) is 1.49. The quantitative estimate of drug-likeness (QED) is 0.367. The molecule has 2 aliphatic rings. The van der Waals surface area contributed by atoms with Crippen molar-refractivity contribution in [1.29, 1.82) is 0 Å². The molecule has 1 aromatic rings. The van der Waals surface area contributed by atoms with Crippen LogP contribution >= 0.6 is 0 Å². The van der Waals surface area contributed by atoms with Crippen molar-refractivity contribution in [2.75, 3.05) is 0 Å². The van der Waals surface area contributed by atoms with Crippen LogP contribution in [0.2, 0.25) is 0 Å². The Kier molecular flexibility index (Phi) is 10.2. The normalized spacial score (nSPS) is 20.3. The molecule has 0 saturated heterocycles. The van der Waals surface area contributed by atoms with Gasteiger partial charge in [-0.05, 0) is 78.4 Å². The van der Waals surface area contributed by atoms with Crippen molar-refractivity contribution in [3.8, 4) is 0 Å². The summed E-state index contributed by atoms with van der Waals surface area (Å²) in [4.78, 5) is 0. The number of hydrogen-bond acceptors (Lipinski definition) is 0. The van der Waals surface area contributed by atoms with Crippen LogP contribution in [0.3, 0.4) is 0 Å². The zero-order valence-corrected chi connectivity index (χ0v) is 22.7. The SMILES string of the molecule is C=C1C2=C(C(C)=CCC2CC=CCC)C(C)(C)c2cccc(/C=C\C)c21.CCCC(C)CC. The molecule has 3 rings (SSSR count). The van der Waals surface area contributed by atoms with Crippen LogP contribution in [0, 0.1) is 11.8 Å². The molecule has 0 saturated carbocycles. The molecule has 0 heterocycles. The summed E-state index contributed by atoms with van der Waals surface area (Å²) in [6, 6.07) is 6.71. The number of fused-ring (bicyclic) bond motifs is 1. The predicted octanol–water partition coefficient (Wildman–Crippen LogP) is 10.5. The second-order valence-corrected chi connectivity index (χ2v) is 10.4. The standard InChI is InChI=1S/C26H32.C7H16/c1-7-9-10-13-21-17-16-18(3)25-24(21)19(4)23-20(12-8-2)14-11-15-22(23)26(25,5)6;1-4-6-7(3)5-2/h8-12,14-16,21H,4,7,13,17H2,1-3,5-6H3;7H,4-6H2,1-3H3/b10-9?,12-8-;. The molecule has 0 fully saturated rings. The molecule has 0 bridgehead atoms. The molecule has 2 unspecified atom stereocenters. The van der Waals surface area contributed by atoms with Gasteiger partial charge in [0.1, 0.15) is 0 Å². The van der Waals surface area contributed by atoms with E-state index in [0.717, 1.165) is 25.2 Å². The smallest absolute Gasteiger partial charge is 0.0158 e. The molecule has 0 spiro atoms. The van der Waals surface area contributed by atoms with Gasteiger partial charge in [0, 0.05) is 5.41 Å². The molecule has 180 valence electrons. The Hall–Kier alpha value is -2.08. The van der Waals surface area contributed by atoms with E-state index in [0.29, 0.717) is 5.92 Å². The largest absolute Gasteiger partial charge is 0.0908 e. The third-order valence-corrected chi connectivity index (χ3v) is 7.45. The molecule has 0 amide bonds. The highest BCUT2D eigenvalue weighted by molar-refractivity contribution is 5.90. The summed E-state index contributed by atoms with van der Waals surface area (Å²) in [6.45, 7) is 22.8. The number of rotatable bonds is 7. The molecule has 0 nitrogen and oxygen atoms in total. The van der Waals surface area contributed by atoms with Crippen LogP contribution < -0.4 is 0 Å². The molecule has 1 aromatic carbocycles. The van der Waals surface area contributed by atoms with Crippen LogP contribution in [0.5, 0.6) is 0 Å². The minimum absolute atomic E-state index is 0.0111. The predicted molar refractivity (Wildman–Crippen MR) is 151 cm³/mol. The van der Waals surface area contributed by atoms with Gasteiger partial charge in [0.15, 0.2) is 0 Å². The first-order valence-electron chi connectivity index (χ1n) is 13.3. The van der Waals surface area contributed by atoms with Crippen molar-refractivity contribution >= 4 is 11.6 Å². The topological polar surface area (TPSA) is 0 Å². The molecule has 0 aromatic heterocycles. The maximum Gasteiger partial charge on any atom is 0.0158 e. The molecule has 33 heavy (non-hydrogen) atoms. The number of benzene rings is 1. The van der Waals surface area contributed by atoms with E-state index < -0.39 is 0 Å². The average molecular weight is 445 g/mol. The zero-order chi connectivity index (χ0) is 24.6. The molecular formula is C33H48. The third-order valence-electron chi connectivity index (χ3n) is 7.45. The summed E-state index contributed by atoms with van der Waals surface area (Å²) < 4.78 is 0. The second-order valence-electron chi connectivity index (χ2n) is 10.4. The van der Waals surface area contributed by atoms with E-state index in [1.54, 1.807) is 0 Å². The highest BCUT2D eigenvalue weighted by Gasteiger charge is 2.40. The van der Waals surface area contributed by atoms with E-state index in [1.807, 2.05) is 0 Å². The summed E-state index contributed by atoms with van der Waals surface area (Å²) in [5, 5.41) is 0. The summed E-state index contributed by atoms with van der Waals surface area (Å²) >= 11 is 0. The monoisotopic (exact) mass is 444 g/mol. The van der Waals surface area contributed by atoms with E-state index in [4.69, 9.17) is 0 Å². The molecule has 0 radical (unpaired) electrons. The van der Waals surface area contributed by atoms with E-state index in [9.17, 15) is 0 Å². The summed E-state index contributed by atoms with van der Waals surface area (Å²) in [7, 11) is 0. The van der Waals surface area contributed by atoms with Gasteiger partial charge >= 0.3 is 0 Å². The molecule has 0 N–H and O–H groups in total. The Bertz CT molecular complexity index is 929. The van der Waals surface area contributed by atoms with Gasteiger partial charge < -0.3 is 0 Å². The first kappa shape index (κ1) is 27.2. The Morgan fingerprint density at radius 1 is 1.15 bits per heavy atom. The Morgan fingerprint density at radius 2 is 1.88 bits per heavy atom. The van der Waals surface area contributed by atoms with Crippen LogP contribution in [-0.2, 0) is 5.41 Å². The van der Waals surface area contributed by atoms with Crippen LogP contribution in [0.15, 0.2) is 65.8 Å². The van der Waals surface area contributed by atoms with Crippen molar-refractivity contribution in [1.82, 2.24) is 0 Å².